The van der Waals surface area contributed by atoms with Gasteiger partial charge >= 0.3 is 6.03 Å². The minimum atomic E-state index is -0.808. The molecule has 0 bridgehead atoms. The summed E-state index contributed by atoms with van der Waals surface area (Å²) in [7, 11) is 0. The molecular weight excluding hydrogens is 442 g/mol. The van der Waals surface area contributed by atoms with E-state index in [2.05, 4.69) is 27.7 Å². The van der Waals surface area contributed by atoms with E-state index >= 15 is 0 Å². The Bertz CT molecular complexity index is 1040. The summed E-state index contributed by atoms with van der Waals surface area (Å²) < 4.78 is 0. The Morgan fingerprint density at radius 3 is 2.26 bits per heavy atom. The molecule has 35 heavy (non-hydrogen) atoms. The van der Waals surface area contributed by atoms with E-state index in [1.807, 2.05) is 53.4 Å². The third-order valence-corrected chi connectivity index (χ3v) is 7.43. The first-order valence-corrected chi connectivity index (χ1v) is 12.6. The van der Waals surface area contributed by atoms with E-state index in [1.165, 1.54) is 0 Å². The quantitative estimate of drug-likeness (QED) is 0.712. The van der Waals surface area contributed by atoms with Gasteiger partial charge in [-0.05, 0) is 37.1 Å². The molecule has 0 spiro atoms. The van der Waals surface area contributed by atoms with Gasteiger partial charge in [-0.15, -0.1) is 0 Å². The Labute approximate surface area is 206 Å². The fraction of sp³-hybridized carbons (Fsp3) is 0.444. The summed E-state index contributed by atoms with van der Waals surface area (Å²) in [6, 6.07) is 18.2. The van der Waals surface area contributed by atoms with Crippen LogP contribution in [0.15, 0.2) is 60.7 Å². The molecule has 8 heteroatoms. The maximum Gasteiger partial charge on any atom is 0.322 e. The van der Waals surface area contributed by atoms with Crippen molar-refractivity contribution in [1.29, 1.82) is 0 Å². The van der Waals surface area contributed by atoms with Gasteiger partial charge in [-0.2, -0.15) is 0 Å². The summed E-state index contributed by atoms with van der Waals surface area (Å²) >= 11 is 0. The Hall–Kier alpha value is -3.55. The van der Waals surface area contributed by atoms with Crippen LogP contribution in [0, 0.1) is 0 Å². The van der Waals surface area contributed by atoms with Gasteiger partial charge in [0, 0.05) is 43.6 Å². The summed E-state index contributed by atoms with van der Waals surface area (Å²) in [6.45, 7) is 2.69. The van der Waals surface area contributed by atoms with Gasteiger partial charge in [-0.3, -0.25) is 9.59 Å². The smallest absolute Gasteiger partial charge is 0.322 e. The van der Waals surface area contributed by atoms with Crippen molar-refractivity contribution in [3.05, 3.63) is 60.7 Å². The largest absolute Gasteiger partial charge is 0.368 e. The lowest BCUT2D eigenvalue weighted by atomic mass is 9.85. The molecule has 1 saturated carbocycles. The highest BCUT2D eigenvalue weighted by molar-refractivity contribution is 5.97. The fourth-order valence-electron chi connectivity index (χ4n) is 5.59. The zero-order chi connectivity index (χ0) is 24.2. The third kappa shape index (κ3) is 5.11. The van der Waals surface area contributed by atoms with Crippen LogP contribution in [0.4, 0.5) is 16.2 Å². The summed E-state index contributed by atoms with van der Waals surface area (Å²) in [5, 5.41) is 6.06. The standard InChI is InChI=1S/C27H33N5O3/c33-25(31-17-15-30(16-18-31)21-11-5-2-6-12-21)19-24-26(34)29-22-13-7-8-14-23(22)32(24)27(35)28-20-9-3-1-4-10-20/h1-6,9-12,22-24H,7-8,13-19H2,(H,28,35)(H,29,34)/t22-,23-,24-/m0/s1. The first kappa shape index (κ1) is 23.2. The topological polar surface area (TPSA) is 85.0 Å². The number of piperazine rings is 2. The van der Waals surface area contributed by atoms with E-state index in [9.17, 15) is 14.4 Å². The highest BCUT2D eigenvalue weighted by Crippen LogP contribution is 2.30. The lowest BCUT2D eigenvalue weighted by Gasteiger charge is -2.48. The number of hydrogen-bond acceptors (Lipinski definition) is 4. The summed E-state index contributed by atoms with van der Waals surface area (Å²) in [5.74, 6) is -0.308. The number of hydrogen-bond donors (Lipinski definition) is 2. The van der Waals surface area contributed by atoms with E-state index in [0.29, 0.717) is 18.8 Å². The zero-order valence-electron chi connectivity index (χ0n) is 19.9. The summed E-state index contributed by atoms with van der Waals surface area (Å²) in [6.07, 6.45) is 3.73. The molecule has 1 aliphatic carbocycles. The van der Waals surface area contributed by atoms with Crippen LogP contribution in [0.5, 0.6) is 0 Å². The molecule has 0 radical (unpaired) electrons. The van der Waals surface area contributed by atoms with Gasteiger partial charge in [0.2, 0.25) is 11.8 Å². The van der Waals surface area contributed by atoms with E-state index in [0.717, 1.165) is 44.5 Å². The third-order valence-electron chi connectivity index (χ3n) is 7.43. The molecule has 4 amide bonds. The molecule has 2 N–H and O–H groups in total. The Kier molecular flexibility index (Phi) is 6.88. The van der Waals surface area contributed by atoms with Crippen molar-refractivity contribution in [3.63, 3.8) is 0 Å². The summed E-state index contributed by atoms with van der Waals surface area (Å²) in [5.41, 5.74) is 1.83. The van der Waals surface area contributed by atoms with Crippen molar-refractivity contribution in [2.45, 2.75) is 50.2 Å². The van der Waals surface area contributed by atoms with Crippen LogP contribution in [0.3, 0.4) is 0 Å². The number of benzene rings is 2. The van der Waals surface area contributed by atoms with Crippen molar-refractivity contribution >= 4 is 29.2 Å². The van der Waals surface area contributed by atoms with Crippen molar-refractivity contribution in [1.82, 2.24) is 15.1 Å². The van der Waals surface area contributed by atoms with E-state index < -0.39 is 6.04 Å². The van der Waals surface area contributed by atoms with Crippen LogP contribution in [0.25, 0.3) is 0 Å². The van der Waals surface area contributed by atoms with Crippen molar-refractivity contribution in [3.8, 4) is 0 Å². The minimum Gasteiger partial charge on any atom is -0.368 e. The van der Waals surface area contributed by atoms with E-state index in [4.69, 9.17) is 0 Å². The van der Waals surface area contributed by atoms with Gasteiger partial charge < -0.3 is 25.3 Å². The monoisotopic (exact) mass is 475 g/mol. The van der Waals surface area contributed by atoms with Crippen LogP contribution in [0.2, 0.25) is 0 Å². The second kappa shape index (κ2) is 10.4. The molecule has 184 valence electrons. The zero-order valence-corrected chi connectivity index (χ0v) is 19.9. The van der Waals surface area contributed by atoms with Crippen molar-refractivity contribution in [2.75, 3.05) is 36.4 Å². The molecule has 0 unspecified atom stereocenters. The second-order valence-corrected chi connectivity index (χ2v) is 9.59. The molecule has 0 aromatic heterocycles. The van der Waals surface area contributed by atoms with Crippen LogP contribution in [-0.2, 0) is 9.59 Å². The fourth-order valence-corrected chi connectivity index (χ4v) is 5.59. The van der Waals surface area contributed by atoms with Crippen molar-refractivity contribution in [2.24, 2.45) is 0 Å². The Balaban J connectivity index is 1.28. The number of carbonyl (C=O) groups excluding carboxylic acids is 3. The highest BCUT2D eigenvalue weighted by Gasteiger charge is 2.46. The molecule has 3 aliphatic rings. The first-order valence-electron chi connectivity index (χ1n) is 12.6. The van der Waals surface area contributed by atoms with E-state index in [1.54, 1.807) is 4.90 Å². The average molecular weight is 476 g/mol. The van der Waals surface area contributed by atoms with Gasteiger partial charge in [0.05, 0.1) is 12.5 Å². The number of rotatable bonds is 4. The molecular formula is C27H33N5O3. The van der Waals surface area contributed by atoms with Crippen LogP contribution in [-0.4, -0.2) is 71.9 Å². The van der Waals surface area contributed by atoms with Crippen LogP contribution >= 0.6 is 0 Å². The number of anilines is 2. The predicted molar refractivity (Wildman–Crippen MR) is 135 cm³/mol. The summed E-state index contributed by atoms with van der Waals surface area (Å²) in [4.78, 5) is 45.7. The molecule has 2 aliphatic heterocycles. The molecule has 5 rings (SSSR count). The van der Waals surface area contributed by atoms with E-state index in [-0.39, 0.29) is 36.3 Å². The number of amides is 4. The lowest BCUT2D eigenvalue weighted by molar-refractivity contribution is -0.140. The molecule has 2 heterocycles. The van der Waals surface area contributed by atoms with Gasteiger partial charge in [-0.25, -0.2) is 4.79 Å². The number of carbonyl (C=O) groups is 3. The lowest BCUT2D eigenvalue weighted by Crippen LogP contribution is -2.68. The Morgan fingerprint density at radius 2 is 1.54 bits per heavy atom. The first-order chi connectivity index (χ1) is 17.1. The second-order valence-electron chi connectivity index (χ2n) is 9.59. The minimum absolute atomic E-state index is 0.00258. The van der Waals surface area contributed by atoms with Crippen molar-refractivity contribution < 1.29 is 14.4 Å². The maximum absolute atomic E-state index is 13.4. The van der Waals surface area contributed by atoms with Gasteiger partial charge in [-0.1, -0.05) is 49.2 Å². The highest BCUT2D eigenvalue weighted by atomic mass is 16.2. The van der Waals surface area contributed by atoms with Gasteiger partial charge in [0.25, 0.3) is 0 Å². The molecule has 2 aromatic rings. The van der Waals surface area contributed by atoms with Gasteiger partial charge in [0.15, 0.2) is 0 Å². The SMILES string of the molecule is O=C1N[C@H]2CCCC[C@@H]2N(C(=O)Nc2ccccc2)[C@H]1CC(=O)N1CCN(c2ccccc2)CC1. The van der Waals surface area contributed by atoms with Crippen LogP contribution < -0.4 is 15.5 Å². The number of para-hydroxylation sites is 2. The molecule has 2 aromatic carbocycles. The molecule has 8 nitrogen and oxygen atoms in total. The number of urea groups is 1. The molecule has 3 fully saturated rings. The normalized spacial score (nSPS) is 24.4. The number of fused-ring (bicyclic) bond motifs is 1. The van der Waals surface area contributed by atoms with Gasteiger partial charge in [0.1, 0.15) is 6.04 Å². The predicted octanol–water partition coefficient (Wildman–Crippen LogP) is 3.07. The molecule has 3 atom stereocenters. The average Bonchev–Trinajstić information content (AvgIpc) is 2.90. The Morgan fingerprint density at radius 1 is 0.886 bits per heavy atom. The maximum atomic E-state index is 13.4. The van der Waals surface area contributed by atoms with Crippen LogP contribution in [0.1, 0.15) is 32.1 Å². The molecule has 2 saturated heterocycles. The number of nitrogens with one attached hydrogen (secondary N) is 2. The number of nitrogens with zero attached hydrogens (tertiary/aromatic N) is 3.